The first-order valence-electron chi connectivity index (χ1n) is 11.5. The number of benzene rings is 4. The first-order valence-corrected chi connectivity index (χ1v) is 12.3. The van der Waals surface area contributed by atoms with Gasteiger partial charge in [-0.2, -0.15) is 9.78 Å². The second-order valence-corrected chi connectivity index (χ2v) is 9.15. The van der Waals surface area contributed by atoms with Crippen LogP contribution in [0.15, 0.2) is 104 Å². The number of halogens is 1. The van der Waals surface area contributed by atoms with Crippen molar-refractivity contribution < 1.29 is 9.15 Å². The van der Waals surface area contributed by atoms with Crippen LogP contribution in [0.4, 0.5) is 0 Å². The zero-order valence-electron chi connectivity index (χ0n) is 19.3. The number of rotatable bonds is 5. The van der Waals surface area contributed by atoms with Crippen LogP contribution >= 0.6 is 15.9 Å². The van der Waals surface area contributed by atoms with Gasteiger partial charge in [0.1, 0.15) is 11.3 Å². The molecule has 2 aromatic heterocycles. The smallest absolute Gasteiger partial charge is 0.282 e. The highest BCUT2D eigenvalue weighted by Crippen LogP contribution is 2.30. The predicted molar refractivity (Wildman–Crippen MR) is 147 cm³/mol. The molecular weight excluding hydrogens is 518 g/mol. The zero-order valence-corrected chi connectivity index (χ0v) is 20.9. The summed E-state index contributed by atoms with van der Waals surface area (Å²) < 4.78 is 14.2. The Kier molecular flexibility index (Phi) is 5.62. The fourth-order valence-electron chi connectivity index (χ4n) is 4.32. The van der Waals surface area contributed by atoms with E-state index in [2.05, 4.69) is 21.0 Å². The number of fused-ring (bicyclic) bond motifs is 3. The molecule has 0 unspecified atom stereocenters. The summed E-state index contributed by atoms with van der Waals surface area (Å²) in [6, 6.07) is 26.8. The van der Waals surface area contributed by atoms with E-state index in [1.165, 1.54) is 4.68 Å². The third-order valence-electron chi connectivity index (χ3n) is 5.99. The molecule has 4 aromatic carbocycles. The first kappa shape index (κ1) is 22.2. The Morgan fingerprint density at radius 2 is 1.78 bits per heavy atom. The SMILES string of the molecule is CCOc1ccc2ccccc2c1C=Nn1c(-c2cc3cc(Br)ccc3o2)nc2ccccc2c1=O. The van der Waals surface area contributed by atoms with Gasteiger partial charge in [-0.25, -0.2) is 4.98 Å². The van der Waals surface area contributed by atoms with Crippen LogP contribution in [0.1, 0.15) is 12.5 Å². The van der Waals surface area contributed by atoms with Gasteiger partial charge in [-0.3, -0.25) is 4.79 Å². The van der Waals surface area contributed by atoms with E-state index in [9.17, 15) is 4.79 Å². The fraction of sp³-hybridized carbons (Fsp3) is 0.0690. The zero-order chi connectivity index (χ0) is 24.6. The van der Waals surface area contributed by atoms with Crippen molar-refractivity contribution in [1.82, 2.24) is 9.66 Å². The molecule has 0 amide bonds. The molecule has 6 aromatic rings. The summed E-state index contributed by atoms with van der Waals surface area (Å²) in [6.07, 6.45) is 1.66. The molecule has 6 nitrogen and oxygen atoms in total. The Hall–Kier alpha value is -4.23. The number of nitrogens with zero attached hydrogens (tertiary/aromatic N) is 3. The maximum Gasteiger partial charge on any atom is 0.282 e. The van der Waals surface area contributed by atoms with E-state index < -0.39 is 0 Å². The maximum absolute atomic E-state index is 13.6. The van der Waals surface area contributed by atoms with Crippen LogP contribution in [-0.2, 0) is 0 Å². The molecule has 0 bridgehead atoms. The maximum atomic E-state index is 13.6. The number of ether oxygens (including phenoxy) is 1. The molecule has 0 saturated carbocycles. The summed E-state index contributed by atoms with van der Waals surface area (Å²) >= 11 is 3.50. The average molecular weight is 538 g/mol. The van der Waals surface area contributed by atoms with Gasteiger partial charge in [0.25, 0.3) is 5.56 Å². The van der Waals surface area contributed by atoms with Gasteiger partial charge in [0.05, 0.1) is 23.7 Å². The molecule has 0 saturated heterocycles. The minimum absolute atomic E-state index is 0.285. The number of para-hydroxylation sites is 1. The van der Waals surface area contributed by atoms with Gasteiger partial charge in [0, 0.05) is 15.4 Å². The summed E-state index contributed by atoms with van der Waals surface area (Å²) in [5, 5.41) is 8.04. The quantitative estimate of drug-likeness (QED) is 0.222. The van der Waals surface area contributed by atoms with Crippen molar-refractivity contribution in [2.75, 3.05) is 6.61 Å². The molecule has 0 aliphatic carbocycles. The van der Waals surface area contributed by atoms with Gasteiger partial charge in [-0.1, -0.05) is 58.4 Å². The van der Waals surface area contributed by atoms with Gasteiger partial charge in [-0.15, -0.1) is 0 Å². The lowest BCUT2D eigenvalue weighted by molar-refractivity contribution is 0.340. The fourth-order valence-corrected chi connectivity index (χ4v) is 4.70. The van der Waals surface area contributed by atoms with Crippen molar-refractivity contribution in [3.8, 4) is 17.3 Å². The Balaban J connectivity index is 1.60. The molecule has 6 rings (SSSR count). The van der Waals surface area contributed by atoms with Crippen molar-refractivity contribution in [1.29, 1.82) is 0 Å². The van der Waals surface area contributed by atoms with E-state index in [1.54, 1.807) is 12.3 Å². The highest BCUT2D eigenvalue weighted by atomic mass is 79.9. The molecule has 176 valence electrons. The van der Waals surface area contributed by atoms with E-state index in [4.69, 9.17) is 14.1 Å². The lowest BCUT2D eigenvalue weighted by atomic mass is 10.0. The second-order valence-electron chi connectivity index (χ2n) is 8.24. The molecule has 0 spiro atoms. The normalized spacial score (nSPS) is 11.7. The standard InChI is InChI=1S/C29H20BrN3O3/c1-2-35-26-13-11-18-7-3-4-8-21(18)23(26)17-31-33-28(32-24-10-6-5-9-22(24)29(33)34)27-16-19-15-20(30)12-14-25(19)36-27/h3-17H,2H2,1H3. The molecule has 0 radical (unpaired) electrons. The Labute approximate surface area is 214 Å². The summed E-state index contributed by atoms with van der Waals surface area (Å²) in [4.78, 5) is 18.4. The average Bonchev–Trinajstić information content (AvgIpc) is 3.32. The van der Waals surface area contributed by atoms with Crippen LogP contribution in [0.25, 0.3) is 44.2 Å². The van der Waals surface area contributed by atoms with Crippen LogP contribution in [0.5, 0.6) is 5.75 Å². The molecule has 0 aliphatic rings. The lowest BCUT2D eigenvalue weighted by Gasteiger charge is -2.11. The predicted octanol–water partition coefficient (Wildman–Crippen LogP) is 7.01. The number of aromatic nitrogens is 2. The molecule has 36 heavy (non-hydrogen) atoms. The minimum Gasteiger partial charge on any atom is -0.493 e. The van der Waals surface area contributed by atoms with E-state index in [0.29, 0.717) is 40.4 Å². The lowest BCUT2D eigenvalue weighted by Crippen LogP contribution is -2.20. The van der Waals surface area contributed by atoms with Crippen molar-refractivity contribution in [3.05, 3.63) is 105 Å². The summed E-state index contributed by atoms with van der Waals surface area (Å²) in [5.41, 5.74) is 1.77. The molecule has 0 aliphatic heterocycles. The summed E-state index contributed by atoms with van der Waals surface area (Å²) in [7, 11) is 0. The molecule has 0 atom stereocenters. The minimum atomic E-state index is -0.285. The monoisotopic (exact) mass is 537 g/mol. The summed E-state index contributed by atoms with van der Waals surface area (Å²) in [6.45, 7) is 2.45. The van der Waals surface area contributed by atoms with Crippen molar-refractivity contribution >= 4 is 54.8 Å². The summed E-state index contributed by atoms with van der Waals surface area (Å²) in [5.74, 6) is 1.46. The highest BCUT2D eigenvalue weighted by Gasteiger charge is 2.17. The largest absolute Gasteiger partial charge is 0.493 e. The Bertz CT molecular complexity index is 1850. The van der Waals surface area contributed by atoms with E-state index in [0.717, 1.165) is 26.2 Å². The van der Waals surface area contributed by atoms with Crippen LogP contribution in [0, 0.1) is 0 Å². The second kappa shape index (κ2) is 9.09. The van der Waals surface area contributed by atoms with Gasteiger partial charge in [0.15, 0.2) is 5.76 Å². The third-order valence-corrected chi connectivity index (χ3v) is 6.48. The topological polar surface area (TPSA) is 69.6 Å². The van der Waals surface area contributed by atoms with Crippen LogP contribution in [-0.4, -0.2) is 22.5 Å². The first-order chi connectivity index (χ1) is 17.6. The van der Waals surface area contributed by atoms with Crippen molar-refractivity contribution in [3.63, 3.8) is 0 Å². The number of hydrogen-bond donors (Lipinski definition) is 0. The Morgan fingerprint density at radius 1 is 0.972 bits per heavy atom. The van der Waals surface area contributed by atoms with Crippen LogP contribution in [0.3, 0.4) is 0 Å². The molecule has 0 fully saturated rings. The van der Waals surface area contributed by atoms with Crippen LogP contribution < -0.4 is 10.3 Å². The van der Waals surface area contributed by atoms with Gasteiger partial charge in [0.2, 0.25) is 5.82 Å². The number of furan rings is 1. The van der Waals surface area contributed by atoms with Gasteiger partial charge < -0.3 is 9.15 Å². The van der Waals surface area contributed by atoms with Crippen molar-refractivity contribution in [2.24, 2.45) is 5.10 Å². The van der Waals surface area contributed by atoms with E-state index in [1.807, 2.05) is 85.8 Å². The Morgan fingerprint density at radius 3 is 2.64 bits per heavy atom. The third kappa shape index (κ3) is 3.87. The van der Waals surface area contributed by atoms with E-state index in [-0.39, 0.29) is 5.56 Å². The molecule has 7 heteroatoms. The number of hydrogen-bond acceptors (Lipinski definition) is 5. The highest BCUT2D eigenvalue weighted by molar-refractivity contribution is 9.10. The molecule has 0 N–H and O–H groups in total. The van der Waals surface area contributed by atoms with Crippen molar-refractivity contribution in [2.45, 2.75) is 6.92 Å². The van der Waals surface area contributed by atoms with Gasteiger partial charge in [-0.05, 0) is 60.2 Å². The molecular formula is C29H20BrN3O3. The van der Waals surface area contributed by atoms with Crippen LogP contribution in [0.2, 0.25) is 0 Å². The van der Waals surface area contributed by atoms with E-state index >= 15 is 0 Å². The molecule has 2 heterocycles. The van der Waals surface area contributed by atoms with Gasteiger partial charge >= 0.3 is 0 Å².